The Labute approximate surface area is 120 Å². The van der Waals surface area contributed by atoms with Crippen LogP contribution < -0.4 is 0 Å². The molecule has 0 saturated heterocycles. The number of hydrogen-bond acceptors (Lipinski definition) is 6. The first kappa shape index (κ1) is 16.4. The van der Waals surface area contributed by atoms with Crippen LogP contribution in [0.3, 0.4) is 0 Å². The average molecular weight is 322 g/mol. The summed E-state index contributed by atoms with van der Waals surface area (Å²) in [6.07, 6.45) is 0.570. The highest BCUT2D eigenvalue weighted by Gasteiger charge is 2.25. The van der Waals surface area contributed by atoms with Gasteiger partial charge in [0.15, 0.2) is 0 Å². The number of ether oxygens (including phenoxy) is 1. The SMILES string of the molecule is CCCOC(=O)c1cc(S(=O)(=O)Cl)cc([N+](=O)[O-])c1C. The number of halogens is 1. The minimum absolute atomic E-state index is 0.0279. The Morgan fingerprint density at radius 3 is 2.50 bits per heavy atom. The van der Waals surface area contributed by atoms with Gasteiger partial charge in [-0.15, -0.1) is 0 Å². The van der Waals surface area contributed by atoms with Crippen LogP contribution in [0, 0.1) is 17.0 Å². The third-order valence-electron chi connectivity index (χ3n) is 2.49. The van der Waals surface area contributed by atoms with Gasteiger partial charge in [0.1, 0.15) is 0 Å². The minimum Gasteiger partial charge on any atom is -0.462 e. The molecule has 110 valence electrons. The zero-order chi connectivity index (χ0) is 15.5. The van der Waals surface area contributed by atoms with Crippen molar-refractivity contribution in [1.29, 1.82) is 0 Å². The maximum Gasteiger partial charge on any atom is 0.338 e. The van der Waals surface area contributed by atoms with Crippen molar-refractivity contribution in [3.05, 3.63) is 33.4 Å². The number of rotatable bonds is 5. The number of nitro benzene ring substituents is 1. The molecule has 1 aromatic rings. The number of nitro groups is 1. The molecular weight excluding hydrogens is 310 g/mol. The second-order valence-electron chi connectivity index (χ2n) is 3.95. The van der Waals surface area contributed by atoms with Crippen molar-refractivity contribution in [1.82, 2.24) is 0 Å². The number of nitrogens with zero attached hydrogens (tertiary/aromatic N) is 1. The number of benzene rings is 1. The highest BCUT2D eigenvalue weighted by molar-refractivity contribution is 8.13. The van der Waals surface area contributed by atoms with Gasteiger partial charge in [0.05, 0.1) is 22.0 Å². The van der Waals surface area contributed by atoms with Crippen LogP contribution in [0.1, 0.15) is 29.3 Å². The molecule has 0 spiro atoms. The highest BCUT2D eigenvalue weighted by atomic mass is 35.7. The van der Waals surface area contributed by atoms with Gasteiger partial charge in [0.25, 0.3) is 14.7 Å². The molecule has 0 unspecified atom stereocenters. The summed E-state index contributed by atoms with van der Waals surface area (Å²) in [5, 5.41) is 10.9. The van der Waals surface area contributed by atoms with E-state index in [0.29, 0.717) is 6.42 Å². The maximum atomic E-state index is 11.8. The van der Waals surface area contributed by atoms with E-state index in [-0.39, 0.29) is 17.7 Å². The van der Waals surface area contributed by atoms with Crippen molar-refractivity contribution in [2.75, 3.05) is 6.61 Å². The zero-order valence-electron chi connectivity index (χ0n) is 10.8. The molecule has 0 fully saturated rings. The van der Waals surface area contributed by atoms with E-state index in [4.69, 9.17) is 15.4 Å². The third kappa shape index (κ3) is 3.67. The van der Waals surface area contributed by atoms with Gasteiger partial charge in [-0.1, -0.05) is 6.92 Å². The summed E-state index contributed by atoms with van der Waals surface area (Å²) in [5.74, 6) is -0.824. The van der Waals surface area contributed by atoms with E-state index in [1.165, 1.54) is 6.92 Å². The van der Waals surface area contributed by atoms with Crippen molar-refractivity contribution in [3.63, 3.8) is 0 Å². The summed E-state index contributed by atoms with van der Waals surface area (Å²) in [6, 6.07) is 1.79. The number of carbonyl (C=O) groups excluding carboxylic acids is 1. The topological polar surface area (TPSA) is 104 Å². The normalized spacial score (nSPS) is 11.2. The fourth-order valence-corrected chi connectivity index (χ4v) is 2.27. The largest absolute Gasteiger partial charge is 0.462 e. The molecule has 0 bridgehead atoms. The fraction of sp³-hybridized carbons (Fsp3) is 0.364. The predicted molar refractivity (Wildman–Crippen MR) is 71.4 cm³/mol. The van der Waals surface area contributed by atoms with Gasteiger partial charge in [-0.05, 0) is 19.4 Å². The third-order valence-corrected chi connectivity index (χ3v) is 3.82. The molecule has 20 heavy (non-hydrogen) atoms. The minimum atomic E-state index is -4.19. The van der Waals surface area contributed by atoms with E-state index < -0.39 is 30.5 Å². The molecule has 0 aliphatic rings. The molecule has 0 aliphatic heterocycles. The van der Waals surface area contributed by atoms with Gasteiger partial charge in [-0.2, -0.15) is 0 Å². The summed E-state index contributed by atoms with van der Waals surface area (Å²) in [7, 11) is 0.974. The van der Waals surface area contributed by atoms with Gasteiger partial charge in [0, 0.05) is 22.3 Å². The standard InChI is InChI=1S/C11H12ClNO6S/c1-3-4-19-11(14)9-5-8(20(12,17)18)6-10(7(9)2)13(15)16/h5-6H,3-4H2,1-2H3. The van der Waals surface area contributed by atoms with E-state index in [1.807, 2.05) is 0 Å². The molecule has 0 aromatic heterocycles. The molecule has 7 nitrogen and oxygen atoms in total. The summed E-state index contributed by atoms with van der Waals surface area (Å²) >= 11 is 0. The summed E-state index contributed by atoms with van der Waals surface area (Å²) in [4.78, 5) is 21.4. The van der Waals surface area contributed by atoms with Crippen LogP contribution in [-0.4, -0.2) is 25.9 Å². The van der Waals surface area contributed by atoms with Crippen molar-refractivity contribution in [2.45, 2.75) is 25.2 Å². The molecule has 1 rings (SSSR count). The van der Waals surface area contributed by atoms with Crippen molar-refractivity contribution in [2.24, 2.45) is 0 Å². The van der Waals surface area contributed by atoms with Gasteiger partial charge in [-0.25, -0.2) is 13.2 Å². The molecule has 0 radical (unpaired) electrons. The summed E-state index contributed by atoms with van der Waals surface area (Å²) in [6.45, 7) is 3.25. The van der Waals surface area contributed by atoms with Crippen molar-refractivity contribution in [3.8, 4) is 0 Å². The van der Waals surface area contributed by atoms with Crippen molar-refractivity contribution >= 4 is 31.4 Å². The van der Waals surface area contributed by atoms with E-state index in [9.17, 15) is 23.3 Å². The van der Waals surface area contributed by atoms with Crippen LogP contribution in [-0.2, 0) is 13.8 Å². The van der Waals surface area contributed by atoms with Gasteiger partial charge >= 0.3 is 5.97 Å². The average Bonchev–Trinajstić information content (AvgIpc) is 2.34. The lowest BCUT2D eigenvalue weighted by atomic mass is 10.1. The fourth-order valence-electron chi connectivity index (χ4n) is 1.49. The first-order valence-corrected chi connectivity index (χ1v) is 7.90. The lowest BCUT2D eigenvalue weighted by Crippen LogP contribution is -2.10. The van der Waals surface area contributed by atoms with Crippen LogP contribution in [0.15, 0.2) is 17.0 Å². The van der Waals surface area contributed by atoms with Gasteiger partial charge < -0.3 is 4.74 Å². The van der Waals surface area contributed by atoms with Crippen LogP contribution >= 0.6 is 10.7 Å². The second kappa shape index (κ2) is 6.19. The maximum absolute atomic E-state index is 11.8. The monoisotopic (exact) mass is 321 g/mol. The molecule has 0 atom stereocenters. The Kier molecular flexibility index (Phi) is 5.07. The summed E-state index contributed by atoms with van der Waals surface area (Å²) in [5.41, 5.74) is -0.665. The van der Waals surface area contributed by atoms with Gasteiger partial charge in [-0.3, -0.25) is 10.1 Å². The Hall–Kier alpha value is -1.67. The number of esters is 1. The molecule has 0 heterocycles. The molecule has 9 heteroatoms. The summed E-state index contributed by atoms with van der Waals surface area (Å²) < 4.78 is 27.5. The van der Waals surface area contributed by atoms with E-state index in [1.54, 1.807) is 6.92 Å². The Bertz CT molecular complexity index is 655. The quantitative estimate of drug-likeness (QED) is 0.357. The Balaban J connectivity index is 3.46. The zero-order valence-corrected chi connectivity index (χ0v) is 12.3. The van der Waals surface area contributed by atoms with Crippen LogP contribution in [0.25, 0.3) is 0 Å². The lowest BCUT2D eigenvalue weighted by molar-refractivity contribution is -0.385. The van der Waals surface area contributed by atoms with Gasteiger partial charge in [0.2, 0.25) is 0 Å². The van der Waals surface area contributed by atoms with Crippen LogP contribution in [0.4, 0.5) is 5.69 Å². The number of carbonyl (C=O) groups is 1. The Morgan fingerprint density at radius 2 is 2.05 bits per heavy atom. The molecule has 0 amide bonds. The highest BCUT2D eigenvalue weighted by Crippen LogP contribution is 2.28. The molecule has 0 aliphatic carbocycles. The number of hydrogen-bond donors (Lipinski definition) is 0. The lowest BCUT2D eigenvalue weighted by Gasteiger charge is -2.08. The van der Waals surface area contributed by atoms with E-state index >= 15 is 0 Å². The smallest absolute Gasteiger partial charge is 0.338 e. The molecular formula is C11H12ClNO6S. The molecule has 0 N–H and O–H groups in total. The molecule has 0 saturated carbocycles. The van der Waals surface area contributed by atoms with Crippen LogP contribution in [0.5, 0.6) is 0 Å². The predicted octanol–water partition coefficient (Wildman–Crippen LogP) is 2.40. The first-order valence-electron chi connectivity index (χ1n) is 5.59. The van der Waals surface area contributed by atoms with E-state index in [0.717, 1.165) is 12.1 Å². The first-order chi connectivity index (χ1) is 9.18. The Morgan fingerprint density at radius 1 is 1.45 bits per heavy atom. The van der Waals surface area contributed by atoms with Crippen molar-refractivity contribution < 1.29 is 22.9 Å². The molecule has 1 aromatic carbocycles. The van der Waals surface area contributed by atoms with E-state index in [2.05, 4.69) is 0 Å². The second-order valence-corrected chi connectivity index (χ2v) is 6.51. The van der Waals surface area contributed by atoms with Crippen LogP contribution in [0.2, 0.25) is 0 Å².